The third-order valence-corrected chi connectivity index (χ3v) is 3.88. The molecule has 1 amide bonds. The average Bonchev–Trinajstić information content (AvgIpc) is 2.94. The number of hydrogen-bond donors (Lipinski definition) is 3. The zero-order valence-corrected chi connectivity index (χ0v) is 13.5. The highest BCUT2D eigenvalue weighted by atomic mass is 16.1. The first kappa shape index (κ1) is 16.6. The molecule has 3 N–H and O–H groups in total. The number of aromatic nitrogens is 1. The average molecular weight is 301 g/mol. The van der Waals surface area contributed by atoms with Crippen molar-refractivity contribution in [2.24, 2.45) is 0 Å². The molecule has 0 atom stereocenters. The van der Waals surface area contributed by atoms with Gasteiger partial charge >= 0.3 is 0 Å². The van der Waals surface area contributed by atoms with Gasteiger partial charge < -0.3 is 15.6 Å². The lowest BCUT2D eigenvalue weighted by Crippen LogP contribution is -2.29. The van der Waals surface area contributed by atoms with Gasteiger partial charge in [0.1, 0.15) is 0 Å². The van der Waals surface area contributed by atoms with Crippen LogP contribution in [0.3, 0.4) is 0 Å². The van der Waals surface area contributed by atoms with Crippen LogP contribution in [0.1, 0.15) is 38.2 Å². The molecule has 0 fully saturated rings. The first-order valence-electron chi connectivity index (χ1n) is 8.33. The van der Waals surface area contributed by atoms with Crippen LogP contribution in [-0.4, -0.2) is 30.5 Å². The van der Waals surface area contributed by atoms with Crippen molar-refractivity contribution in [1.82, 2.24) is 15.6 Å². The molecule has 0 saturated heterocycles. The minimum absolute atomic E-state index is 0.128. The predicted molar refractivity (Wildman–Crippen MR) is 92.0 cm³/mol. The molecular weight excluding hydrogens is 274 g/mol. The maximum Gasteiger partial charge on any atom is 0.221 e. The highest BCUT2D eigenvalue weighted by molar-refractivity contribution is 5.83. The number of amides is 1. The molecule has 0 aliphatic rings. The number of nitrogens with one attached hydrogen (secondary N) is 3. The van der Waals surface area contributed by atoms with Crippen LogP contribution in [0.5, 0.6) is 0 Å². The second-order valence-electron chi connectivity index (χ2n) is 5.67. The van der Waals surface area contributed by atoms with Crippen molar-refractivity contribution in [2.75, 3.05) is 19.6 Å². The summed E-state index contributed by atoms with van der Waals surface area (Å²) in [6, 6.07) is 8.26. The molecule has 0 saturated carbocycles. The molecule has 2 aromatic rings. The third kappa shape index (κ3) is 5.19. The molecule has 4 heteroatoms. The Bertz CT molecular complexity index is 576. The van der Waals surface area contributed by atoms with E-state index < -0.39 is 0 Å². The van der Waals surface area contributed by atoms with Crippen molar-refractivity contribution >= 4 is 16.8 Å². The van der Waals surface area contributed by atoms with Crippen molar-refractivity contribution < 1.29 is 4.79 Å². The summed E-state index contributed by atoms with van der Waals surface area (Å²) >= 11 is 0. The number of H-pyrrole nitrogens is 1. The molecule has 120 valence electrons. The van der Waals surface area contributed by atoms with E-state index in [4.69, 9.17) is 0 Å². The molecule has 1 aromatic carbocycles. The molecule has 22 heavy (non-hydrogen) atoms. The van der Waals surface area contributed by atoms with Gasteiger partial charge in [0, 0.05) is 36.6 Å². The zero-order chi connectivity index (χ0) is 15.6. The normalized spacial score (nSPS) is 11.0. The number of hydrogen-bond acceptors (Lipinski definition) is 2. The first-order chi connectivity index (χ1) is 10.8. The number of para-hydroxylation sites is 1. The van der Waals surface area contributed by atoms with E-state index in [0.29, 0.717) is 13.0 Å². The quantitative estimate of drug-likeness (QED) is 0.591. The fourth-order valence-electron chi connectivity index (χ4n) is 2.59. The van der Waals surface area contributed by atoms with Crippen LogP contribution in [-0.2, 0) is 11.2 Å². The fourth-order valence-corrected chi connectivity index (χ4v) is 2.59. The number of carbonyl (C=O) groups is 1. The smallest absolute Gasteiger partial charge is 0.221 e. The summed E-state index contributed by atoms with van der Waals surface area (Å²) in [6.45, 7) is 4.66. The number of unbranched alkanes of at least 4 members (excludes halogenated alkanes) is 2. The Hall–Kier alpha value is -1.81. The van der Waals surface area contributed by atoms with Gasteiger partial charge in [-0.05, 0) is 31.0 Å². The molecule has 4 nitrogen and oxygen atoms in total. The van der Waals surface area contributed by atoms with Crippen LogP contribution < -0.4 is 10.6 Å². The van der Waals surface area contributed by atoms with Gasteiger partial charge in [-0.3, -0.25) is 4.79 Å². The summed E-state index contributed by atoms with van der Waals surface area (Å²) in [5, 5.41) is 7.55. The lowest BCUT2D eigenvalue weighted by molar-refractivity contribution is -0.120. The summed E-state index contributed by atoms with van der Waals surface area (Å²) in [7, 11) is 0. The van der Waals surface area contributed by atoms with Gasteiger partial charge in [0.25, 0.3) is 0 Å². The fraction of sp³-hybridized carbons (Fsp3) is 0.500. The van der Waals surface area contributed by atoms with Crippen LogP contribution in [0.4, 0.5) is 0 Å². The summed E-state index contributed by atoms with van der Waals surface area (Å²) in [5.41, 5.74) is 2.41. The third-order valence-electron chi connectivity index (χ3n) is 3.88. The van der Waals surface area contributed by atoms with E-state index in [1.807, 2.05) is 18.3 Å². The van der Waals surface area contributed by atoms with Gasteiger partial charge in [0.15, 0.2) is 0 Å². The number of fused-ring (bicyclic) bond motifs is 1. The summed E-state index contributed by atoms with van der Waals surface area (Å²) in [5.74, 6) is 0.128. The van der Waals surface area contributed by atoms with Crippen LogP contribution in [0.25, 0.3) is 10.9 Å². The molecule has 0 spiro atoms. The van der Waals surface area contributed by atoms with Crippen molar-refractivity contribution in [3.63, 3.8) is 0 Å². The monoisotopic (exact) mass is 301 g/mol. The molecule has 0 radical (unpaired) electrons. The second-order valence-corrected chi connectivity index (χ2v) is 5.67. The Balaban J connectivity index is 1.61. The number of carbonyl (C=O) groups excluding carboxylic acids is 1. The Kier molecular flexibility index (Phi) is 6.97. The topological polar surface area (TPSA) is 56.9 Å². The second kappa shape index (κ2) is 9.26. The van der Waals surface area contributed by atoms with E-state index >= 15 is 0 Å². The summed E-state index contributed by atoms with van der Waals surface area (Å²) in [4.78, 5) is 15.0. The van der Waals surface area contributed by atoms with E-state index in [0.717, 1.165) is 25.0 Å². The molecule has 2 rings (SSSR count). The van der Waals surface area contributed by atoms with Crippen molar-refractivity contribution in [3.05, 3.63) is 36.0 Å². The zero-order valence-electron chi connectivity index (χ0n) is 13.5. The van der Waals surface area contributed by atoms with E-state index in [9.17, 15) is 4.79 Å². The van der Waals surface area contributed by atoms with Gasteiger partial charge in [-0.25, -0.2) is 0 Å². The molecule has 0 aliphatic heterocycles. The first-order valence-corrected chi connectivity index (χ1v) is 8.33. The summed E-state index contributed by atoms with van der Waals surface area (Å²) in [6.07, 6.45) is 7.13. The predicted octanol–water partition coefficient (Wildman–Crippen LogP) is 3.00. The number of aromatic amines is 1. The van der Waals surface area contributed by atoms with Gasteiger partial charge in [-0.1, -0.05) is 38.0 Å². The van der Waals surface area contributed by atoms with Crippen LogP contribution in [0.2, 0.25) is 0 Å². The van der Waals surface area contributed by atoms with Gasteiger partial charge in [-0.2, -0.15) is 0 Å². The lowest BCUT2D eigenvalue weighted by atomic mass is 10.1. The van der Waals surface area contributed by atoms with Gasteiger partial charge in [0.05, 0.1) is 0 Å². The van der Waals surface area contributed by atoms with Gasteiger partial charge in [0.2, 0.25) is 5.91 Å². The molecule has 0 bridgehead atoms. The largest absolute Gasteiger partial charge is 0.361 e. The van der Waals surface area contributed by atoms with E-state index in [2.05, 4.69) is 34.7 Å². The SMILES string of the molecule is CCCCCNCCC(=O)NCCc1c[nH]c2ccccc12. The van der Waals surface area contributed by atoms with Crippen LogP contribution in [0, 0.1) is 0 Å². The van der Waals surface area contributed by atoms with E-state index in [-0.39, 0.29) is 5.91 Å². The highest BCUT2D eigenvalue weighted by Gasteiger charge is 2.04. The maximum atomic E-state index is 11.8. The molecular formula is C18H27N3O. The maximum absolute atomic E-state index is 11.8. The minimum Gasteiger partial charge on any atom is -0.361 e. The Morgan fingerprint density at radius 2 is 2.00 bits per heavy atom. The molecule has 0 unspecified atom stereocenters. The van der Waals surface area contributed by atoms with E-state index in [1.54, 1.807) is 0 Å². The van der Waals surface area contributed by atoms with Crippen molar-refractivity contribution in [2.45, 2.75) is 39.0 Å². The number of benzene rings is 1. The van der Waals surface area contributed by atoms with Crippen molar-refractivity contribution in [3.8, 4) is 0 Å². The highest BCUT2D eigenvalue weighted by Crippen LogP contribution is 2.17. The molecule has 0 aliphatic carbocycles. The standard InChI is InChI=1S/C18H27N3O/c1-2-3-6-11-19-12-10-18(22)20-13-9-15-14-21-17-8-5-4-7-16(15)17/h4-5,7-8,14,19,21H,2-3,6,9-13H2,1H3,(H,20,22). The minimum atomic E-state index is 0.128. The lowest BCUT2D eigenvalue weighted by Gasteiger charge is -2.06. The number of rotatable bonds is 10. The van der Waals surface area contributed by atoms with Crippen LogP contribution >= 0.6 is 0 Å². The van der Waals surface area contributed by atoms with Crippen LogP contribution in [0.15, 0.2) is 30.5 Å². The van der Waals surface area contributed by atoms with Gasteiger partial charge in [-0.15, -0.1) is 0 Å². The Morgan fingerprint density at radius 1 is 1.14 bits per heavy atom. The molecule has 1 aromatic heterocycles. The van der Waals surface area contributed by atoms with E-state index in [1.165, 1.54) is 30.2 Å². The summed E-state index contributed by atoms with van der Waals surface area (Å²) < 4.78 is 0. The molecule has 1 heterocycles. The van der Waals surface area contributed by atoms with Crippen molar-refractivity contribution in [1.29, 1.82) is 0 Å². The Labute approximate surface area is 132 Å². The Morgan fingerprint density at radius 3 is 2.86 bits per heavy atom.